The minimum atomic E-state index is -3.04. The predicted octanol–water partition coefficient (Wildman–Crippen LogP) is 3.00. The van der Waals surface area contributed by atoms with Gasteiger partial charge in [-0.05, 0) is 63.1 Å². The van der Waals surface area contributed by atoms with Crippen LogP contribution in [0.5, 0.6) is 0 Å². The van der Waals surface area contributed by atoms with E-state index in [2.05, 4.69) is 58.3 Å². The molecule has 5 nitrogen and oxygen atoms in total. The lowest BCUT2D eigenvalue weighted by Crippen LogP contribution is -2.45. The molecule has 2 saturated carbocycles. The van der Waals surface area contributed by atoms with Crippen molar-refractivity contribution in [2.24, 2.45) is 5.92 Å². The summed E-state index contributed by atoms with van der Waals surface area (Å²) in [5, 5.41) is 3.77. The van der Waals surface area contributed by atoms with E-state index < -0.39 is 10.0 Å². The Kier molecular flexibility index (Phi) is 6.74. The number of benzene rings is 1. The second kappa shape index (κ2) is 9.29. The lowest BCUT2D eigenvalue weighted by molar-refractivity contribution is 0.199. The van der Waals surface area contributed by atoms with Crippen molar-refractivity contribution in [1.82, 2.24) is 14.9 Å². The molecule has 6 heteroatoms. The molecule has 0 unspecified atom stereocenters. The van der Waals surface area contributed by atoms with Gasteiger partial charge in [0, 0.05) is 25.2 Å². The molecule has 0 aromatic heterocycles. The van der Waals surface area contributed by atoms with Gasteiger partial charge in [-0.15, -0.1) is 0 Å². The zero-order chi connectivity index (χ0) is 20.3. The van der Waals surface area contributed by atoms with E-state index in [1.54, 1.807) is 5.57 Å². The average Bonchev–Trinajstić information content (AvgIpc) is 3.63. The van der Waals surface area contributed by atoms with Crippen LogP contribution in [0, 0.1) is 5.92 Å². The number of rotatable bonds is 10. The van der Waals surface area contributed by atoms with Crippen molar-refractivity contribution in [1.29, 1.82) is 0 Å². The van der Waals surface area contributed by atoms with Crippen molar-refractivity contribution >= 4 is 16.1 Å². The molecule has 2 aliphatic carbocycles. The highest BCUT2D eigenvalue weighted by atomic mass is 32.2. The van der Waals surface area contributed by atoms with Crippen molar-refractivity contribution < 1.29 is 8.42 Å². The summed E-state index contributed by atoms with van der Waals surface area (Å²) in [4.78, 5) is 2.39. The van der Waals surface area contributed by atoms with Crippen LogP contribution in [-0.4, -0.2) is 56.8 Å². The monoisotopic (exact) mass is 417 g/mol. The van der Waals surface area contributed by atoms with Crippen LogP contribution >= 0.6 is 0 Å². The first-order valence-electron chi connectivity index (χ1n) is 11.3. The molecule has 1 saturated heterocycles. The van der Waals surface area contributed by atoms with Crippen molar-refractivity contribution in [3.63, 3.8) is 0 Å². The van der Waals surface area contributed by atoms with Gasteiger partial charge in [0.2, 0.25) is 10.0 Å². The van der Waals surface area contributed by atoms with Crippen LogP contribution in [-0.2, 0) is 10.0 Å². The quantitative estimate of drug-likeness (QED) is 0.614. The second-order valence-electron chi connectivity index (χ2n) is 8.85. The lowest BCUT2D eigenvalue weighted by Gasteiger charge is -2.32. The Hall–Kier alpha value is -1.21. The fourth-order valence-electron chi connectivity index (χ4n) is 4.49. The molecule has 0 amide bonds. The van der Waals surface area contributed by atoms with E-state index in [0.29, 0.717) is 24.5 Å². The summed E-state index contributed by atoms with van der Waals surface area (Å²) in [6.45, 7) is 5.75. The number of likely N-dealkylation sites (tertiary alicyclic amines) is 1. The van der Waals surface area contributed by atoms with Gasteiger partial charge in [-0.2, -0.15) is 0 Å². The number of nitrogens with one attached hydrogen (secondary N) is 2. The summed E-state index contributed by atoms with van der Waals surface area (Å²) < 4.78 is 26.6. The van der Waals surface area contributed by atoms with Crippen LogP contribution in [0.4, 0.5) is 0 Å². The van der Waals surface area contributed by atoms with Crippen LogP contribution in [0.15, 0.2) is 35.9 Å². The predicted molar refractivity (Wildman–Crippen MR) is 119 cm³/mol. The molecule has 3 aliphatic rings. The third-order valence-electron chi connectivity index (χ3n) is 6.56. The Labute approximate surface area is 176 Å². The van der Waals surface area contributed by atoms with Gasteiger partial charge in [0.25, 0.3) is 0 Å². The van der Waals surface area contributed by atoms with Gasteiger partial charge in [-0.1, -0.05) is 48.9 Å². The van der Waals surface area contributed by atoms with E-state index in [-0.39, 0.29) is 5.25 Å². The molecule has 2 N–H and O–H groups in total. The molecule has 160 valence electrons. The van der Waals surface area contributed by atoms with Crippen LogP contribution < -0.4 is 10.0 Å². The smallest absolute Gasteiger partial charge is 0.214 e. The number of sulfonamides is 1. The Morgan fingerprint density at radius 1 is 1.14 bits per heavy atom. The zero-order valence-corrected chi connectivity index (χ0v) is 18.3. The van der Waals surface area contributed by atoms with Gasteiger partial charge in [0.05, 0.1) is 5.25 Å². The van der Waals surface area contributed by atoms with E-state index >= 15 is 0 Å². The Morgan fingerprint density at radius 2 is 1.86 bits per heavy atom. The standard InChI is InChI=1S/C23H35N3O2S/c1-2-19(16-18-6-4-3-5-7-18)22-17-23(22)25-20-10-13-26(14-11-20)15-12-24-29(27,28)21-8-9-21/h3-7,16,20-25H,2,8-15,17H2,1H3/b19-16+/t22-,23+/m1/s1. The highest BCUT2D eigenvalue weighted by Gasteiger charge is 2.40. The second-order valence-corrected chi connectivity index (χ2v) is 10.9. The molecule has 0 spiro atoms. The first-order chi connectivity index (χ1) is 14.0. The summed E-state index contributed by atoms with van der Waals surface area (Å²) in [7, 11) is -3.04. The SMILES string of the molecule is CC/C(=C\c1ccccc1)[C@H]1C[C@@H]1NC1CCN(CCNS(=O)(=O)C2CC2)CC1. The highest BCUT2D eigenvalue weighted by Crippen LogP contribution is 2.40. The highest BCUT2D eigenvalue weighted by molar-refractivity contribution is 7.90. The van der Waals surface area contributed by atoms with Crippen LogP contribution in [0.1, 0.15) is 51.0 Å². The minimum absolute atomic E-state index is 0.118. The number of hydrogen-bond acceptors (Lipinski definition) is 4. The molecule has 29 heavy (non-hydrogen) atoms. The molecule has 0 radical (unpaired) electrons. The summed E-state index contributed by atoms with van der Waals surface area (Å²) >= 11 is 0. The van der Waals surface area contributed by atoms with Crippen molar-refractivity contribution in [2.45, 2.75) is 62.8 Å². The Morgan fingerprint density at radius 3 is 2.52 bits per heavy atom. The van der Waals surface area contributed by atoms with Gasteiger partial charge in [0.15, 0.2) is 0 Å². The molecule has 0 bridgehead atoms. The minimum Gasteiger partial charge on any atom is -0.311 e. The van der Waals surface area contributed by atoms with E-state index in [4.69, 9.17) is 0 Å². The summed E-state index contributed by atoms with van der Waals surface area (Å²) in [6, 6.07) is 11.9. The van der Waals surface area contributed by atoms with Crippen molar-refractivity contribution in [2.75, 3.05) is 26.2 Å². The Balaban J connectivity index is 1.16. The molecule has 3 fully saturated rings. The van der Waals surface area contributed by atoms with Gasteiger partial charge in [-0.25, -0.2) is 13.1 Å². The number of nitrogens with zero attached hydrogens (tertiary/aromatic N) is 1. The Bertz CT molecular complexity index is 797. The largest absolute Gasteiger partial charge is 0.311 e. The topological polar surface area (TPSA) is 61.4 Å². The van der Waals surface area contributed by atoms with E-state index in [0.717, 1.165) is 51.7 Å². The molecule has 1 aromatic rings. The molecule has 2 atom stereocenters. The molecule has 4 rings (SSSR count). The van der Waals surface area contributed by atoms with Crippen molar-refractivity contribution in [3.8, 4) is 0 Å². The van der Waals surface area contributed by atoms with Crippen LogP contribution in [0.2, 0.25) is 0 Å². The summed E-state index contributed by atoms with van der Waals surface area (Å²) in [6.07, 6.45) is 8.72. The molecular weight excluding hydrogens is 382 g/mol. The maximum atomic E-state index is 11.9. The third kappa shape index (κ3) is 5.91. The number of piperidine rings is 1. The maximum absolute atomic E-state index is 11.9. The van der Waals surface area contributed by atoms with Gasteiger partial charge in [0.1, 0.15) is 0 Å². The molecule has 1 aliphatic heterocycles. The molecular formula is C23H35N3O2S. The third-order valence-corrected chi connectivity index (χ3v) is 8.51. The first-order valence-corrected chi connectivity index (χ1v) is 12.8. The normalized spacial score (nSPS) is 26.6. The number of hydrogen-bond donors (Lipinski definition) is 2. The summed E-state index contributed by atoms with van der Waals surface area (Å²) in [5.74, 6) is 0.690. The fraction of sp³-hybridized carbons (Fsp3) is 0.652. The first kappa shape index (κ1) is 21.0. The van der Waals surface area contributed by atoms with E-state index in [1.165, 1.54) is 12.0 Å². The molecule has 1 heterocycles. The maximum Gasteiger partial charge on any atom is 0.214 e. The molecule has 1 aromatic carbocycles. The van der Waals surface area contributed by atoms with Crippen LogP contribution in [0.25, 0.3) is 6.08 Å². The van der Waals surface area contributed by atoms with Gasteiger partial charge >= 0.3 is 0 Å². The zero-order valence-electron chi connectivity index (χ0n) is 17.5. The van der Waals surface area contributed by atoms with Crippen LogP contribution in [0.3, 0.4) is 0 Å². The van der Waals surface area contributed by atoms with Gasteiger partial charge in [-0.3, -0.25) is 0 Å². The lowest BCUT2D eigenvalue weighted by atomic mass is 10.0. The van der Waals surface area contributed by atoms with E-state index in [9.17, 15) is 8.42 Å². The average molecular weight is 418 g/mol. The fourth-order valence-corrected chi connectivity index (χ4v) is 5.86. The van der Waals surface area contributed by atoms with Gasteiger partial charge < -0.3 is 10.2 Å². The van der Waals surface area contributed by atoms with Crippen molar-refractivity contribution in [3.05, 3.63) is 41.5 Å². The summed E-state index contributed by atoms with van der Waals surface area (Å²) in [5.41, 5.74) is 2.87. The van der Waals surface area contributed by atoms with E-state index in [1.807, 2.05) is 0 Å².